The highest BCUT2D eigenvalue weighted by Gasteiger charge is 2.26. The average molecular weight is 283 g/mol. The van der Waals surface area contributed by atoms with E-state index >= 15 is 0 Å². The fourth-order valence-electron chi connectivity index (χ4n) is 3.43. The van der Waals surface area contributed by atoms with Crippen LogP contribution in [-0.4, -0.2) is 37.1 Å². The third kappa shape index (κ3) is 7.08. The van der Waals surface area contributed by atoms with E-state index in [9.17, 15) is 0 Å². The molecule has 120 valence electrons. The van der Waals surface area contributed by atoms with Crippen molar-refractivity contribution in [3.05, 3.63) is 0 Å². The molecule has 0 aromatic rings. The van der Waals surface area contributed by atoms with Crippen molar-refractivity contribution in [1.29, 1.82) is 0 Å². The van der Waals surface area contributed by atoms with Gasteiger partial charge in [0.15, 0.2) is 0 Å². The Morgan fingerprint density at radius 2 is 1.60 bits per heavy atom. The first-order chi connectivity index (χ1) is 9.81. The Morgan fingerprint density at radius 3 is 2.20 bits per heavy atom. The number of hydrogen-bond donors (Lipinski definition) is 1. The molecule has 2 nitrogen and oxygen atoms in total. The van der Waals surface area contributed by atoms with Crippen LogP contribution in [0.2, 0.25) is 0 Å². The van der Waals surface area contributed by atoms with E-state index in [4.69, 9.17) is 0 Å². The standard InChI is InChI=1S/C18H38N2/c1-4-7-14-20(15-8-5-2)16-12-17-10-9-11-18(17)19-13-6-3/h17-19H,4-16H2,1-3H3. The summed E-state index contributed by atoms with van der Waals surface area (Å²) in [6.45, 7) is 12.0. The van der Waals surface area contributed by atoms with Crippen molar-refractivity contribution in [2.75, 3.05) is 26.2 Å². The minimum atomic E-state index is 0.814. The monoisotopic (exact) mass is 282 g/mol. The first kappa shape index (κ1) is 18.0. The van der Waals surface area contributed by atoms with Crippen LogP contribution in [0, 0.1) is 5.92 Å². The Morgan fingerprint density at radius 1 is 0.900 bits per heavy atom. The first-order valence-electron chi connectivity index (χ1n) is 9.27. The SMILES string of the molecule is CCCCN(CCCC)CCC1CCCC1NCCC. The number of nitrogens with one attached hydrogen (secondary N) is 1. The van der Waals surface area contributed by atoms with Crippen molar-refractivity contribution >= 4 is 0 Å². The molecular formula is C18H38N2. The molecule has 0 aromatic carbocycles. The van der Waals surface area contributed by atoms with Gasteiger partial charge < -0.3 is 10.2 Å². The predicted octanol–water partition coefficient (Wildman–Crippen LogP) is 4.45. The zero-order valence-electron chi connectivity index (χ0n) is 14.3. The first-order valence-corrected chi connectivity index (χ1v) is 9.27. The Bertz CT molecular complexity index is 209. The Hall–Kier alpha value is -0.0800. The van der Waals surface area contributed by atoms with Crippen molar-refractivity contribution in [1.82, 2.24) is 10.2 Å². The van der Waals surface area contributed by atoms with Crippen LogP contribution in [-0.2, 0) is 0 Å². The van der Waals surface area contributed by atoms with Crippen LogP contribution in [0.3, 0.4) is 0 Å². The maximum Gasteiger partial charge on any atom is 0.00958 e. The van der Waals surface area contributed by atoms with E-state index in [-0.39, 0.29) is 0 Å². The van der Waals surface area contributed by atoms with Gasteiger partial charge in [-0.1, -0.05) is 40.0 Å². The summed E-state index contributed by atoms with van der Waals surface area (Å²) in [6.07, 6.45) is 12.4. The molecule has 1 fully saturated rings. The fraction of sp³-hybridized carbons (Fsp3) is 1.00. The molecule has 2 heteroatoms. The summed E-state index contributed by atoms with van der Waals surface area (Å²) in [5.41, 5.74) is 0. The van der Waals surface area contributed by atoms with Gasteiger partial charge >= 0.3 is 0 Å². The van der Waals surface area contributed by atoms with Gasteiger partial charge in [0.05, 0.1) is 0 Å². The molecule has 0 amide bonds. The highest BCUT2D eigenvalue weighted by molar-refractivity contribution is 4.83. The van der Waals surface area contributed by atoms with E-state index in [1.54, 1.807) is 0 Å². The van der Waals surface area contributed by atoms with Gasteiger partial charge in [-0.25, -0.2) is 0 Å². The second-order valence-electron chi connectivity index (χ2n) is 6.59. The lowest BCUT2D eigenvalue weighted by Crippen LogP contribution is -2.35. The molecule has 0 heterocycles. The van der Waals surface area contributed by atoms with Crippen molar-refractivity contribution in [3.63, 3.8) is 0 Å². The molecule has 0 spiro atoms. The third-order valence-electron chi connectivity index (χ3n) is 4.79. The van der Waals surface area contributed by atoms with E-state index in [1.165, 1.54) is 84.0 Å². The molecule has 1 aliphatic carbocycles. The van der Waals surface area contributed by atoms with Crippen molar-refractivity contribution in [2.24, 2.45) is 5.92 Å². The topological polar surface area (TPSA) is 15.3 Å². The molecule has 0 radical (unpaired) electrons. The van der Waals surface area contributed by atoms with Crippen molar-refractivity contribution in [2.45, 2.75) is 84.6 Å². The molecule has 1 aliphatic rings. The molecule has 1 saturated carbocycles. The van der Waals surface area contributed by atoms with Gasteiger partial charge in [0.1, 0.15) is 0 Å². The van der Waals surface area contributed by atoms with Crippen molar-refractivity contribution in [3.8, 4) is 0 Å². The van der Waals surface area contributed by atoms with Gasteiger partial charge in [-0.15, -0.1) is 0 Å². The molecule has 2 atom stereocenters. The number of nitrogens with zero attached hydrogens (tertiary/aromatic N) is 1. The van der Waals surface area contributed by atoms with Gasteiger partial charge in [-0.05, 0) is 70.6 Å². The van der Waals surface area contributed by atoms with E-state index in [2.05, 4.69) is 31.0 Å². The van der Waals surface area contributed by atoms with Gasteiger partial charge in [-0.3, -0.25) is 0 Å². The van der Waals surface area contributed by atoms with Crippen LogP contribution in [0.1, 0.15) is 78.6 Å². The molecule has 20 heavy (non-hydrogen) atoms. The summed E-state index contributed by atoms with van der Waals surface area (Å²) in [5.74, 6) is 0.937. The second-order valence-corrected chi connectivity index (χ2v) is 6.59. The largest absolute Gasteiger partial charge is 0.314 e. The van der Waals surface area contributed by atoms with E-state index in [1.807, 2.05) is 0 Å². The molecule has 2 unspecified atom stereocenters. The number of rotatable bonds is 12. The van der Waals surface area contributed by atoms with Gasteiger partial charge in [0, 0.05) is 6.04 Å². The van der Waals surface area contributed by atoms with Gasteiger partial charge in [0.25, 0.3) is 0 Å². The lowest BCUT2D eigenvalue weighted by Gasteiger charge is -2.26. The van der Waals surface area contributed by atoms with E-state index in [0.29, 0.717) is 0 Å². The highest BCUT2D eigenvalue weighted by Crippen LogP contribution is 2.28. The number of unbranched alkanes of at least 4 members (excludes halogenated alkanes) is 2. The summed E-state index contributed by atoms with van der Waals surface area (Å²) < 4.78 is 0. The smallest absolute Gasteiger partial charge is 0.00958 e. The second kappa shape index (κ2) is 11.6. The fourth-order valence-corrected chi connectivity index (χ4v) is 3.43. The molecular weight excluding hydrogens is 244 g/mol. The third-order valence-corrected chi connectivity index (χ3v) is 4.79. The van der Waals surface area contributed by atoms with Crippen LogP contribution >= 0.6 is 0 Å². The summed E-state index contributed by atoms with van der Waals surface area (Å²) >= 11 is 0. The minimum absolute atomic E-state index is 0.814. The Balaban J connectivity index is 2.28. The maximum absolute atomic E-state index is 3.77. The molecule has 0 bridgehead atoms. The summed E-state index contributed by atoms with van der Waals surface area (Å²) in [6, 6.07) is 0.814. The average Bonchev–Trinajstić information content (AvgIpc) is 2.91. The van der Waals surface area contributed by atoms with E-state index < -0.39 is 0 Å². The quantitative estimate of drug-likeness (QED) is 0.569. The molecule has 0 aromatic heterocycles. The molecule has 1 N–H and O–H groups in total. The summed E-state index contributed by atoms with van der Waals surface area (Å²) in [5, 5.41) is 3.77. The maximum atomic E-state index is 3.77. The molecule has 1 rings (SSSR count). The van der Waals surface area contributed by atoms with Crippen LogP contribution in [0.15, 0.2) is 0 Å². The Kier molecular flexibility index (Phi) is 10.4. The predicted molar refractivity (Wildman–Crippen MR) is 90.3 cm³/mol. The van der Waals surface area contributed by atoms with Crippen LogP contribution in [0.25, 0.3) is 0 Å². The summed E-state index contributed by atoms with van der Waals surface area (Å²) in [7, 11) is 0. The molecule has 0 aliphatic heterocycles. The van der Waals surface area contributed by atoms with Crippen molar-refractivity contribution < 1.29 is 0 Å². The zero-order valence-corrected chi connectivity index (χ0v) is 14.3. The highest BCUT2D eigenvalue weighted by atomic mass is 15.1. The molecule has 0 saturated heterocycles. The van der Waals surface area contributed by atoms with Gasteiger partial charge in [0.2, 0.25) is 0 Å². The minimum Gasteiger partial charge on any atom is -0.314 e. The number of hydrogen-bond acceptors (Lipinski definition) is 2. The van der Waals surface area contributed by atoms with E-state index in [0.717, 1.165) is 12.0 Å². The van der Waals surface area contributed by atoms with Gasteiger partial charge in [-0.2, -0.15) is 0 Å². The lowest BCUT2D eigenvalue weighted by molar-refractivity contribution is 0.234. The zero-order chi connectivity index (χ0) is 14.6. The Labute approximate surface area is 127 Å². The van der Waals surface area contributed by atoms with Crippen LogP contribution < -0.4 is 5.32 Å². The summed E-state index contributed by atoms with van der Waals surface area (Å²) in [4.78, 5) is 2.72. The van der Waals surface area contributed by atoms with Crippen LogP contribution in [0.5, 0.6) is 0 Å². The normalized spacial score (nSPS) is 22.8. The van der Waals surface area contributed by atoms with Crippen LogP contribution in [0.4, 0.5) is 0 Å². The lowest BCUT2D eigenvalue weighted by atomic mass is 9.99.